The number of hydroxylamine groups is 4. The third-order valence-corrected chi connectivity index (χ3v) is 10.1. The topological polar surface area (TPSA) is 311 Å². The summed E-state index contributed by atoms with van der Waals surface area (Å²) >= 11 is 5.95. The lowest BCUT2D eigenvalue weighted by molar-refractivity contribution is -0.196. The van der Waals surface area contributed by atoms with E-state index in [1.165, 1.54) is 12.1 Å². The zero-order valence-electron chi connectivity index (χ0n) is 32.1. The SMILES string of the molecule is CCN(C(C)C)C(C)C.FB(F)F.NC(=[NH2+])ON1C(=O)CCC1=O.O=C(O)c1cc(S(=O)(=O)O)ccc1Br.O=C(ON1C(=O)CCC1=O)c1cc(S(=O)(=O)O)ccc1Br.[F-]. The van der Waals surface area contributed by atoms with Crippen molar-refractivity contribution in [3.63, 3.8) is 0 Å². The summed E-state index contributed by atoms with van der Waals surface area (Å²) in [4.78, 5) is 77.3. The van der Waals surface area contributed by atoms with E-state index in [2.05, 4.69) is 81.1 Å². The number of hydrogen-bond donors (Lipinski definition) is 5. The van der Waals surface area contributed by atoms with E-state index in [9.17, 15) is 58.5 Å². The van der Waals surface area contributed by atoms with Crippen LogP contribution < -0.4 is 15.8 Å². The second-order valence-corrected chi connectivity index (χ2v) is 16.4. The van der Waals surface area contributed by atoms with Crippen LogP contribution in [0.25, 0.3) is 0 Å². The molecule has 2 heterocycles. The smallest absolute Gasteiger partial charge is 0.762 e. The van der Waals surface area contributed by atoms with Gasteiger partial charge in [0.1, 0.15) is 0 Å². The lowest BCUT2D eigenvalue weighted by atomic mass is 10.2. The van der Waals surface area contributed by atoms with Gasteiger partial charge in [0.05, 0.1) is 20.9 Å². The van der Waals surface area contributed by atoms with Crippen LogP contribution in [0.15, 0.2) is 55.1 Å². The Balaban J connectivity index is 0. The fourth-order valence-electron chi connectivity index (χ4n) is 4.53. The van der Waals surface area contributed by atoms with Gasteiger partial charge in [-0.1, -0.05) is 12.0 Å². The molecule has 0 radical (unpaired) electrons. The molecule has 29 heteroatoms. The second kappa shape index (κ2) is 25.9. The molecule has 0 spiro atoms. The van der Waals surface area contributed by atoms with E-state index >= 15 is 0 Å². The molecular weight excluding hydrogens is 993 g/mol. The number of carbonyl (C=O) groups is 6. The normalized spacial score (nSPS) is 13.4. The number of imide groups is 2. The minimum Gasteiger partial charge on any atom is -1.00 e. The Hall–Kier alpha value is -4.55. The molecule has 0 bridgehead atoms. The van der Waals surface area contributed by atoms with E-state index in [0.717, 1.165) is 30.8 Å². The van der Waals surface area contributed by atoms with E-state index in [4.69, 9.17) is 25.4 Å². The summed E-state index contributed by atoms with van der Waals surface area (Å²) in [5.74, 6) is -4.52. The summed E-state index contributed by atoms with van der Waals surface area (Å²) < 4.78 is 90.4. The van der Waals surface area contributed by atoms with Crippen LogP contribution >= 0.6 is 31.9 Å². The standard InChI is InChI=1S/C11H8BrNO7S.C8H19N.C7H5BrO5S.C5H7N3O3.BF3.FH/c12-8-2-1-6(21(17,18)19)5-7(8)11(16)20-13-9(14)3-4-10(13)15;1-6-9(7(2)3)8(4)5;8-6-2-1-4(14(11,12)13)3-5(6)7(9)10;6-5(7)11-8-3(9)1-2-4(8)10;2-1(3)4;/h1-2,5H,3-4H2,(H,17,18,19);7-8H,6H2,1-5H3;1-3H,(H,9,10)(H,11,12,13);1-2H2,(H3,6,7);;1H. The number of halogens is 6. The van der Waals surface area contributed by atoms with Gasteiger partial charge in [-0.05, 0) is 102 Å². The minimum atomic E-state index is -4.50. The third-order valence-electron chi connectivity index (χ3n) is 7.00. The van der Waals surface area contributed by atoms with Crippen molar-refractivity contribution < 1.29 is 92.6 Å². The first-order chi connectivity index (χ1) is 27.0. The number of carboxylic acids is 1. The number of aromatic carboxylic acids is 1. The van der Waals surface area contributed by atoms with Crippen LogP contribution in [-0.2, 0) is 49.1 Å². The van der Waals surface area contributed by atoms with Crippen molar-refractivity contribution in [3.05, 3.63) is 56.5 Å². The number of rotatable bonds is 9. The molecule has 7 N–H and O–H groups in total. The average Bonchev–Trinajstić information content (AvgIpc) is 3.58. The van der Waals surface area contributed by atoms with Gasteiger partial charge in [-0.25, -0.2) is 9.59 Å². The second-order valence-electron chi connectivity index (χ2n) is 11.8. The van der Waals surface area contributed by atoms with E-state index in [1.54, 1.807) is 0 Å². The van der Waals surface area contributed by atoms with Crippen LogP contribution in [0.5, 0.6) is 0 Å². The molecular formula is C31H40BBr2F4N5O15S2. The summed E-state index contributed by atoms with van der Waals surface area (Å²) in [6, 6.07) is 7.35. The molecule has 2 fully saturated rings. The molecule has 0 aliphatic carbocycles. The molecule has 2 saturated heterocycles. The highest BCUT2D eigenvalue weighted by Crippen LogP contribution is 2.24. The number of nitrogens with zero attached hydrogens (tertiary/aromatic N) is 3. The Bertz CT molecular complexity index is 2060. The number of carboxylic acid groups (broad SMARTS) is 1. The first-order valence-corrected chi connectivity index (χ1v) is 20.9. The van der Waals surface area contributed by atoms with Crippen molar-refractivity contribution >= 4 is 101 Å². The quantitative estimate of drug-likeness (QED) is 0.0526. The molecule has 0 saturated carbocycles. The first kappa shape index (κ1) is 57.5. The van der Waals surface area contributed by atoms with Crippen LogP contribution in [-0.4, -0.2) is 114 Å². The molecule has 336 valence electrons. The number of benzene rings is 2. The Morgan fingerprint density at radius 2 is 1.10 bits per heavy atom. The molecule has 20 nitrogen and oxygen atoms in total. The van der Waals surface area contributed by atoms with Crippen LogP contribution in [0.2, 0.25) is 0 Å². The summed E-state index contributed by atoms with van der Waals surface area (Å²) in [6.07, 6.45) is 0.203. The van der Waals surface area contributed by atoms with Gasteiger partial charge in [0.25, 0.3) is 43.9 Å². The van der Waals surface area contributed by atoms with Gasteiger partial charge in [0.2, 0.25) is 0 Å². The largest absolute Gasteiger partial charge is 1.00 e. The highest BCUT2D eigenvalue weighted by Gasteiger charge is 2.34. The zero-order chi connectivity index (χ0) is 46.2. The Labute approximate surface area is 358 Å². The van der Waals surface area contributed by atoms with Gasteiger partial charge in [0.15, 0.2) is 0 Å². The number of nitrogens with two attached hydrogens (primary N) is 2. The first-order valence-electron chi connectivity index (χ1n) is 16.4. The van der Waals surface area contributed by atoms with Crippen molar-refractivity contribution in [2.24, 2.45) is 5.73 Å². The summed E-state index contributed by atoms with van der Waals surface area (Å²) in [6.45, 7) is 12.3. The van der Waals surface area contributed by atoms with Crippen LogP contribution in [0, 0.1) is 0 Å². The van der Waals surface area contributed by atoms with Crippen LogP contribution in [0.3, 0.4) is 0 Å². The molecule has 0 unspecified atom stereocenters. The number of amides is 4. The summed E-state index contributed by atoms with van der Waals surface area (Å²) in [5, 5.41) is 14.5. The van der Waals surface area contributed by atoms with Crippen LogP contribution in [0.4, 0.5) is 12.9 Å². The van der Waals surface area contributed by atoms with Crippen molar-refractivity contribution in [1.29, 1.82) is 0 Å². The lowest BCUT2D eigenvalue weighted by Gasteiger charge is -2.28. The number of amidine groups is 1. The van der Waals surface area contributed by atoms with Gasteiger partial charge >= 0.3 is 25.5 Å². The van der Waals surface area contributed by atoms with E-state index in [1.807, 2.05) is 0 Å². The molecule has 4 rings (SSSR count). The molecule has 0 atom stereocenters. The zero-order valence-corrected chi connectivity index (χ0v) is 36.9. The lowest BCUT2D eigenvalue weighted by Crippen LogP contribution is -3.00. The Morgan fingerprint density at radius 1 is 0.783 bits per heavy atom. The van der Waals surface area contributed by atoms with E-state index in [0.29, 0.717) is 22.2 Å². The summed E-state index contributed by atoms with van der Waals surface area (Å²) in [5.41, 5.74) is 4.45. The van der Waals surface area contributed by atoms with Gasteiger partial charge in [-0.2, -0.15) is 16.8 Å². The molecule has 2 aliphatic rings. The third kappa shape index (κ3) is 20.1. The predicted octanol–water partition coefficient (Wildman–Crippen LogP) is -0.540. The highest BCUT2D eigenvalue weighted by molar-refractivity contribution is 9.10. The molecule has 2 aromatic carbocycles. The predicted molar refractivity (Wildman–Crippen MR) is 206 cm³/mol. The Kier molecular flexibility index (Phi) is 24.9. The minimum absolute atomic E-state index is 0. The van der Waals surface area contributed by atoms with Crippen molar-refractivity contribution in [2.75, 3.05) is 6.54 Å². The van der Waals surface area contributed by atoms with E-state index in [-0.39, 0.29) is 50.5 Å². The number of carbonyl (C=O) groups excluding carboxylic acids is 5. The monoisotopic (exact) mass is 1030 g/mol. The maximum absolute atomic E-state index is 11.9. The maximum atomic E-state index is 11.9. The van der Waals surface area contributed by atoms with Gasteiger partial charge in [-0.15, -0.1) is 5.06 Å². The molecule has 0 aromatic heterocycles. The molecule has 4 amide bonds. The van der Waals surface area contributed by atoms with Gasteiger partial charge in [-0.3, -0.25) is 62.1 Å². The fourth-order valence-corrected chi connectivity index (χ4v) is 6.37. The van der Waals surface area contributed by atoms with E-state index < -0.39 is 79.2 Å². The molecule has 2 aromatic rings. The van der Waals surface area contributed by atoms with Crippen molar-refractivity contribution in [2.45, 2.75) is 82.2 Å². The molecule has 60 heavy (non-hydrogen) atoms. The van der Waals surface area contributed by atoms with Gasteiger partial charge < -0.3 is 14.6 Å². The van der Waals surface area contributed by atoms with Crippen LogP contribution in [0.1, 0.15) is 81.0 Å². The van der Waals surface area contributed by atoms with Crippen molar-refractivity contribution in [1.82, 2.24) is 15.0 Å². The number of hydrogen-bond acceptors (Lipinski definition) is 13. The molecule has 2 aliphatic heterocycles. The Morgan fingerprint density at radius 3 is 1.37 bits per heavy atom. The maximum Gasteiger partial charge on any atom is 0.762 e. The summed E-state index contributed by atoms with van der Waals surface area (Å²) in [7, 11) is -12.5. The fraction of sp³-hybridized carbons (Fsp3) is 0.387. The van der Waals surface area contributed by atoms with Gasteiger partial charge in [0, 0.05) is 46.7 Å². The highest BCUT2D eigenvalue weighted by atomic mass is 79.9. The average molecular weight is 1030 g/mol. The van der Waals surface area contributed by atoms with Crippen molar-refractivity contribution in [3.8, 4) is 0 Å².